The van der Waals surface area contributed by atoms with Crippen molar-refractivity contribution in [1.29, 1.82) is 0 Å². The minimum absolute atomic E-state index is 0.0967. The predicted molar refractivity (Wildman–Crippen MR) is 78.9 cm³/mol. The Morgan fingerprint density at radius 3 is 3.05 bits per heavy atom. The number of fused-ring (bicyclic) bond motifs is 1. The first-order valence-electron chi connectivity index (χ1n) is 6.16. The molecule has 6 nitrogen and oxygen atoms in total. The molecule has 3 rings (SSSR count). The van der Waals surface area contributed by atoms with Crippen LogP contribution >= 0.6 is 22.9 Å². The average molecular weight is 324 g/mol. The van der Waals surface area contributed by atoms with Gasteiger partial charge in [-0.3, -0.25) is 4.79 Å². The van der Waals surface area contributed by atoms with Gasteiger partial charge in [-0.1, -0.05) is 17.7 Å². The third-order valence-corrected chi connectivity index (χ3v) is 4.21. The van der Waals surface area contributed by atoms with Gasteiger partial charge < -0.3 is 10.4 Å². The maximum Gasteiger partial charge on any atom is 0.341 e. The predicted octanol–water partition coefficient (Wildman–Crippen LogP) is 1.45. The van der Waals surface area contributed by atoms with E-state index in [1.807, 2.05) is 12.1 Å². The molecule has 0 bridgehead atoms. The van der Waals surface area contributed by atoms with E-state index in [4.69, 9.17) is 11.6 Å². The summed E-state index contributed by atoms with van der Waals surface area (Å²) in [5, 5.41) is 12.8. The molecule has 0 aliphatic carbocycles. The summed E-state index contributed by atoms with van der Waals surface area (Å²) in [6.07, 6.45) is 3.37. The van der Waals surface area contributed by atoms with Gasteiger partial charge in [0.15, 0.2) is 4.47 Å². The molecule has 0 radical (unpaired) electrons. The number of carbonyl (C=O) groups is 1. The van der Waals surface area contributed by atoms with E-state index in [2.05, 4.69) is 10.3 Å². The van der Waals surface area contributed by atoms with Crippen LogP contribution in [0.15, 0.2) is 30.6 Å². The summed E-state index contributed by atoms with van der Waals surface area (Å²) in [6, 6.07) is 5.46. The average Bonchev–Trinajstić information content (AvgIpc) is 3.02. The van der Waals surface area contributed by atoms with Crippen molar-refractivity contribution in [3.05, 3.63) is 45.6 Å². The number of carbonyl (C=O) groups excluding carboxylic acids is 1. The lowest BCUT2D eigenvalue weighted by Crippen LogP contribution is -2.22. The Hall–Kier alpha value is -2.12. The summed E-state index contributed by atoms with van der Waals surface area (Å²) < 4.78 is 3.74. The number of halogens is 1. The first-order chi connectivity index (χ1) is 10.1. The molecule has 0 fully saturated rings. The number of aromatic hydroxyl groups is 1. The number of hydrogen-bond acceptors (Lipinski definition) is 4. The van der Waals surface area contributed by atoms with Crippen molar-refractivity contribution in [3.8, 4) is 5.88 Å². The Morgan fingerprint density at radius 1 is 1.57 bits per heavy atom. The maximum absolute atomic E-state index is 12.1. The van der Waals surface area contributed by atoms with Gasteiger partial charge in [0.1, 0.15) is 6.54 Å². The van der Waals surface area contributed by atoms with Crippen LogP contribution < -0.4 is 9.72 Å². The lowest BCUT2D eigenvalue weighted by Gasteiger charge is -1.99. The molecular weight excluding hydrogens is 312 g/mol. The van der Waals surface area contributed by atoms with E-state index in [0.717, 1.165) is 4.88 Å². The molecule has 2 N–H and O–H groups in total. The van der Waals surface area contributed by atoms with Crippen LogP contribution in [0.1, 0.15) is 15.4 Å². The van der Waals surface area contributed by atoms with Crippen LogP contribution in [0.3, 0.4) is 0 Å². The fourth-order valence-electron chi connectivity index (χ4n) is 2.20. The second kappa shape index (κ2) is 5.34. The largest absolute Gasteiger partial charge is 0.474 e. The molecule has 21 heavy (non-hydrogen) atoms. The topological polar surface area (TPSA) is 71.2 Å². The first-order valence-corrected chi connectivity index (χ1v) is 7.35. The zero-order chi connectivity index (χ0) is 15.0. The third-order valence-electron chi connectivity index (χ3n) is 3.11. The van der Waals surface area contributed by atoms with Crippen LogP contribution in [-0.2, 0) is 6.54 Å². The Morgan fingerprint density at radius 2 is 2.38 bits per heavy atom. The second-order valence-electron chi connectivity index (χ2n) is 4.35. The fourth-order valence-corrected chi connectivity index (χ4v) is 3.16. The molecule has 0 aromatic carbocycles. The van der Waals surface area contributed by atoms with Crippen LogP contribution in [-0.4, -0.2) is 27.6 Å². The second-order valence-corrected chi connectivity index (χ2v) is 6.04. The van der Waals surface area contributed by atoms with Crippen LogP contribution in [0.25, 0.3) is 5.65 Å². The molecule has 0 saturated carbocycles. The highest BCUT2D eigenvalue weighted by Crippen LogP contribution is 2.23. The van der Waals surface area contributed by atoms with Crippen molar-refractivity contribution < 1.29 is 14.3 Å². The number of imidazole rings is 1. The van der Waals surface area contributed by atoms with Gasteiger partial charge in [-0.2, -0.15) is 4.40 Å². The molecule has 3 aromatic heterocycles. The minimum atomic E-state index is -0.355. The van der Waals surface area contributed by atoms with Crippen LogP contribution in [0.4, 0.5) is 0 Å². The SMILES string of the molecule is CNC(=O)c1c(O)[n+]2ccccc2n1Cc1cnc(Cl)s1. The maximum atomic E-state index is 12.1. The van der Waals surface area contributed by atoms with Gasteiger partial charge in [0.2, 0.25) is 0 Å². The van der Waals surface area contributed by atoms with E-state index >= 15 is 0 Å². The van der Waals surface area contributed by atoms with Gasteiger partial charge in [-0.25, -0.2) is 9.55 Å². The van der Waals surface area contributed by atoms with Crippen molar-refractivity contribution in [2.75, 3.05) is 7.05 Å². The molecule has 3 aromatic rings. The molecule has 0 atom stereocenters. The fraction of sp³-hybridized carbons (Fsp3) is 0.154. The summed E-state index contributed by atoms with van der Waals surface area (Å²) in [5.41, 5.74) is 0.909. The number of nitrogens with zero attached hydrogens (tertiary/aromatic N) is 3. The smallest absolute Gasteiger partial charge is 0.341 e. The van der Waals surface area contributed by atoms with E-state index in [9.17, 15) is 9.90 Å². The number of thiazole rings is 1. The van der Waals surface area contributed by atoms with Crippen molar-refractivity contribution in [3.63, 3.8) is 0 Å². The Labute approximate surface area is 129 Å². The van der Waals surface area contributed by atoms with Gasteiger partial charge in [0.25, 0.3) is 17.2 Å². The van der Waals surface area contributed by atoms with Crippen molar-refractivity contribution >= 4 is 34.5 Å². The summed E-state index contributed by atoms with van der Waals surface area (Å²) >= 11 is 7.18. The number of amides is 1. The number of aromatic nitrogens is 3. The van der Waals surface area contributed by atoms with E-state index in [0.29, 0.717) is 16.7 Å². The van der Waals surface area contributed by atoms with Crippen LogP contribution in [0.2, 0.25) is 4.47 Å². The summed E-state index contributed by atoms with van der Waals surface area (Å²) in [4.78, 5) is 17.0. The minimum Gasteiger partial charge on any atom is -0.474 e. The third kappa shape index (κ3) is 2.34. The van der Waals surface area contributed by atoms with Crippen molar-refractivity contribution in [2.45, 2.75) is 6.54 Å². The molecule has 0 aliphatic heterocycles. The van der Waals surface area contributed by atoms with E-state index < -0.39 is 0 Å². The zero-order valence-corrected chi connectivity index (χ0v) is 12.6. The van der Waals surface area contributed by atoms with E-state index in [-0.39, 0.29) is 17.5 Å². The molecule has 1 amide bonds. The monoisotopic (exact) mass is 323 g/mol. The zero-order valence-electron chi connectivity index (χ0n) is 11.1. The quantitative estimate of drug-likeness (QED) is 0.717. The van der Waals surface area contributed by atoms with Gasteiger partial charge in [-0.15, -0.1) is 11.3 Å². The Balaban J connectivity index is 2.20. The highest BCUT2D eigenvalue weighted by Gasteiger charge is 2.30. The summed E-state index contributed by atoms with van der Waals surface area (Å²) in [5.74, 6) is -0.452. The van der Waals surface area contributed by atoms with Crippen molar-refractivity contribution in [1.82, 2.24) is 14.9 Å². The standard InChI is InChI=1S/C13H11ClN4O2S/c1-15-11(19)10-12(20)17-5-3-2-4-9(17)18(10)7-8-6-16-13(14)21-8/h2-6H,7H2,1H3,(H-,15,19,20)/p+1. The molecule has 3 heterocycles. The lowest BCUT2D eigenvalue weighted by atomic mass is 10.4. The summed E-state index contributed by atoms with van der Waals surface area (Å²) in [7, 11) is 1.53. The van der Waals surface area contributed by atoms with Gasteiger partial charge in [-0.05, 0) is 6.07 Å². The molecule has 8 heteroatoms. The van der Waals surface area contributed by atoms with E-state index in [1.54, 1.807) is 27.4 Å². The normalized spacial score (nSPS) is 11.0. The Bertz CT molecular complexity index is 827. The number of rotatable bonds is 3. The van der Waals surface area contributed by atoms with Crippen LogP contribution in [0.5, 0.6) is 5.88 Å². The summed E-state index contributed by atoms with van der Waals surface area (Å²) in [6.45, 7) is 0.404. The number of pyridine rings is 1. The molecule has 0 unspecified atom stereocenters. The molecule has 0 spiro atoms. The highest BCUT2D eigenvalue weighted by molar-refractivity contribution is 7.15. The van der Waals surface area contributed by atoms with Crippen LogP contribution in [0, 0.1) is 0 Å². The molecule has 108 valence electrons. The highest BCUT2D eigenvalue weighted by atomic mass is 35.5. The number of hydrogen-bond donors (Lipinski definition) is 2. The lowest BCUT2D eigenvalue weighted by molar-refractivity contribution is -0.521. The first kappa shape index (κ1) is 13.8. The molecule has 0 saturated heterocycles. The van der Waals surface area contributed by atoms with Gasteiger partial charge in [0, 0.05) is 19.3 Å². The molecule has 0 aliphatic rings. The van der Waals surface area contributed by atoms with Gasteiger partial charge in [0.05, 0.1) is 11.1 Å². The molecular formula is C13H12ClN4O2S+. The Kier molecular flexibility index (Phi) is 3.52. The van der Waals surface area contributed by atoms with Crippen molar-refractivity contribution in [2.24, 2.45) is 0 Å². The number of nitrogens with one attached hydrogen (secondary N) is 1. The van der Waals surface area contributed by atoms with Gasteiger partial charge >= 0.3 is 5.88 Å². The van der Waals surface area contributed by atoms with E-state index in [1.165, 1.54) is 18.4 Å².